The molecule has 0 aliphatic carbocycles. The SMILES string of the molecule is COc1cccc(CN2CCC(C[C@@H]3CC(c4cccc(F)c4)=NO3)(C(=O)O)CC2)c1. The van der Waals surface area contributed by atoms with Gasteiger partial charge in [-0.2, -0.15) is 0 Å². The fraction of sp³-hybridized carbons (Fsp3) is 0.417. The minimum Gasteiger partial charge on any atom is -0.497 e. The number of hydrogen-bond acceptors (Lipinski definition) is 5. The number of halogens is 1. The number of likely N-dealkylation sites (tertiary alicyclic amines) is 1. The highest BCUT2D eigenvalue weighted by atomic mass is 19.1. The molecule has 2 aliphatic heterocycles. The van der Waals surface area contributed by atoms with Gasteiger partial charge in [0.05, 0.1) is 18.2 Å². The second-order valence-corrected chi connectivity index (χ2v) is 8.40. The Bertz CT molecular complexity index is 970. The predicted molar refractivity (Wildman–Crippen MR) is 115 cm³/mol. The third-order valence-corrected chi connectivity index (χ3v) is 6.32. The molecule has 2 aliphatic rings. The minimum absolute atomic E-state index is 0.306. The van der Waals surface area contributed by atoms with Crippen LogP contribution in [-0.2, 0) is 16.2 Å². The van der Waals surface area contributed by atoms with Gasteiger partial charge in [-0.05, 0) is 55.8 Å². The maximum absolute atomic E-state index is 13.5. The van der Waals surface area contributed by atoms with Crippen molar-refractivity contribution in [1.29, 1.82) is 0 Å². The van der Waals surface area contributed by atoms with Crippen LogP contribution < -0.4 is 4.74 Å². The smallest absolute Gasteiger partial charge is 0.309 e. The highest BCUT2D eigenvalue weighted by molar-refractivity contribution is 6.01. The van der Waals surface area contributed by atoms with Crippen molar-refractivity contribution in [3.63, 3.8) is 0 Å². The number of carboxylic acid groups (broad SMARTS) is 1. The number of benzene rings is 2. The van der Waals surface area contributed by atoms with Gasteiger partial charge in [0.15, 0.2) is 0 Å². The maximum Gasteiger partial charge on any atom is 0.309 e. The topological polar surface area (TPSA) is 71.4 Å². The first-order valence-corrected chi connectivity index (χ1v) is 10.5. The molecule has 4 rings (SSSR count). The third-order valence-electron chi connectivity index (χ3n) is 6.32. The summed E-state index contributed by atoms with van der Waals surface area (Å²) >= 11 is 0. The molecule has 0 bridgehead atoms. The van der Waals surface area contributed by atoms with Gasteiger partial charge in [0.2, 0.25) is 0 Å². The van der Waals surface area contributed by atoms with E-state index in [2.05, 4.69) is 16.1 Å². The van der Waals surface area contributed by atoms with Crippen LogP contribution in [0, 0.1) is 11.2 Å². The quantitative estimate of drug-likeness (QED) is 0.722. The number of hydrogen-bond donors (Lipinski definition) is 1. The Balaban J connectivity index is 1.36. The second kappa shape index (κ2) is 9.06. The first-order valence-electron chi connectivity index (χ1n) is 10.5. The molecule has 0 spiro atoms. The van der Waals surface area contributed by atoms with Crippen LogP contribution in [0.4, 0.5) is 4.39 Å². The molecule has 0 radical (unpaired) electrons. The number of rotatable bonds is 7. The van der Waals surface area contributed by atoms with E-state index in [0.29, 0.717) is 50.0 Å². The van der Waals surface area contributed by atoms with Crippen molar-refractivity contribution in [1.82, 2.24) is 4.90 Å². The highest BCUT2D eigenvalue weighted by Gasteiger charge is 2.44. The predicted octanol–water partition coefficient (Wildman–Crippen LogP) is 4.08. The van der Waals surface area contributed by atoms with Crippen LogP contribution in [0.5, 0.6) is 5.75 Å². The molecule has 1 atom stereocenters. The number of nitrogens with zero attached hydrogens (tertiary/aromatic N) is 2. The first kappa shape index (κ1) is 21.3. The standard InChI is InChI=1S/C24H27FN2O4/c1-30-20-7-2-4-17(12-20)16-27-10-8-24(9-11-27,23(28)29)15-21-14-22(26-31-21)18-5-3-6-19(25)13-18/h2-7,12-13,21H,8-11,14-16H2,1H3,(H,28,29)/t21-/m0/s1. The van der Waals surface area contributed by atoms with Crippen molar-refractivity contribution in [2.45, 2.75) is 38.3 Å². The highest BCUT2D eigenvalue weighted by Crippen LogP contribution is 2.39. The Morgan fingerprint density at radius 2 is 2.03 bits per heavy atom. The van der Waals surface area contributed by atoms with Crippen molar-refractivity contribution in [3.05, 3.63) is 65.5 Å². The van der Waals surface area contributed by atoms with Crippen LogP contribution in [0.2, 0.25) is 0 Å². The average Bonchev–Trinajstić information content (AvgIpc) is 3.23. The Hall–Kier alpha value is -2.93. The lowest BCUT2D eigenvalue weighted by atomic mass is 9.73. The number of oxime groups is 1. The summed E-state index contributed by atoms with van der Waals surface area (Å²) in [4.78, 5) is 20.1. The summed E-state index contributed by atoms with van der Waals surface area (Å²) in [7, 11) is 1.65. The van der Waals surface area contributed by atoms with Crippen molar-refractivity contribution in [2.75, 3.05) is 20.2 Å². The number of piperidine rings is 1. The van der Waals surface area contributed by atoms with Crippen molar-refractivity contribution in [3.8, 4) is 5.75 Å². The van der Waals surface area contributed by atoms with E-state index in [9.17, 15) is 14.3 Å². The van der Waals surface area contributed by atoms with Gasteiger partial charge in [-0.3, -0.25) is 9.69 Å². The van der Waals surface area contributed by atoms with E-state index in [4.69, 9.17) is 9.57 Å². The molecule has 0 aromatic heterocycles. The number of aliphatic carboxylic acids is 1. The number of carboxylic acids is 1. The summed E-state index contributed by atoms with van der Waals surface area (Å²) in [6, 6.07) is 14.2. The molecule has 0 amide bonds. The summed E-state index contributed by atoms with van der Waals surface area (Å²) < 4.78 is 18.8. The van der Waals surface area contributed by atoms with Gasteiger partial charge >= 0.3 is 5.97 Å². The molecule has 0 saturated carbocycles. The van der Waals surface area contributed by atoms with Gasteiger partial charge in [0.25, 0.3) is 0 Å². The van der Waals surface area contributed by atoms with E-state index >= 15 is 0 Å². The van der Waals surface area contributed by atoms with E-state index in [1.165, 1.54) is 12.1 Å². The Morgan fingerprint density at radius 1 is 1.26 bits per heavy atom. The summed E-state index contributed by atoms with van der Waals surface area (Å²) in [6.07, 6.45) is 1.70. The van der Waals surface area contributed by atoms with E-state index in [0.717, 1.165) is 17.9 Å². The van der Waals surface area contributed by atoms with E-state index in [1.807, 2.05) is 18.2 Å². The molecule has 1 saturated heterocycles. The lowest BCUT2D eigenvalue weighted by Gasteiger charge is -2.39. The second-order valence-electron chi connectivity index (χ2n) is 8.40. The van der Waals surface area contributed by atoms with E-state index < -0.39 is 11.4 Å². The summed E-state index contributed by atoms with van der Waals surface area (Å²) in [5, 5.41) is 14.1. The van der Waals surface area contributed by atoms with E-state index in [1.54, 1.807) is 19.2 Å². The molecule has 2 aromatic rings. The lowest BCUT2D eigenvalue weighted by Crippen LogP contribution is -2.45. The van der Waals surface area contributed by atoms with Gasteiger partial charge in [-0.25, -0.2) is 4.39 Å². The molecule has 1 N–H and O–H groups in total. The van der Waals surface area contributed by atoms with Gasteiger partial charge < -0.3 is 14.7 Å². The molecule has 0 unspecified atom stereocenters. The lowest BCUT2D eigenvalue weighted by molar-refractivity contribution is -0.155. The van der Waals surface area contributed by atoms with Gasteiger partial charge in [-0.1, -0.05) is 29.4 Å². The minimum atomic E-state index is -0.831. The summed E-state index contributed by atoms with van der Waals surface area (Å²) in [6.45, 7) is 2.17. The number of carbonyl (C=O) groups is 1. The molecular formula is C24H27FN2O4. The molecule has 7 heteroatoms. The average molecular weight is 426 g/mol. The van der Waals surface area contributed by atoms with Crippen molar-refractivity contribution >= 4 is 11.7 Å². The zero-order valence-corrected chi connectivity index (χ0v) is 17.6. The molecule has 1 fully saturated rings. The molecule has 6 nitrogen and oxygen atoms in total. The van der Waals surface area contributed by atoms with Crippen LogP contribution >= 0.6 is 0 Å². The molecular weight excluding hydrogens is 399 g/mol. The summed E-state index contributed by atoms with van der Waals surface area (Å²) in [5.41, 5.74) is 1.66. The normalized spacial score (nSPS) is 20.7. The third kappa shape index (κ3) is 4.88. The van der Waals surface area contributed by atoms with E-state index in [-0.39, 0.29) is 11.9 Å². The van der Waals surface area contributed by atoms with Crippen LogP contribution in [0.15, 0.2) is 53.7 Å². The Labute approximate surface area is 181 Å². The fourth-order valence-electron chi connectivity index (χ4n) is 4.49. The van der Waals surface area contributed by atoms with Gasteiger partial charge in [0, 0.05) is 24.9 Å². The Kier molecular flexibility index (Phi) is 6.23. The molecule has 2 heterocycles. The molecule has 2 aromatic carbocycles. The zero-order chi connectivity index (χ0) is 21.8. The Morgan fingerprint density at radius 3 is 2.74 bits per heavy atom. The molecule has 31 heavy (non-hydrogen) atoms. The van der Waals surface area contributed by atoms with Gasteiger partial charge in [-0.15, -0.1) is 0 Å². The monoisotopic (exact) mass is 426 g/mol. The first-order chi connectivity index (χ1) is 15.0. The molecule has 164 valence electrons. The number of methoxy groups -OCH3 is 1. The maximum atomic E-state index is 13.5. The summed E-state index contributed by atoms with van der Waals surface area (Å²) in [5.74, 6) is -0.285. The van der Waals surface area contributed by atoms with Gasteiger partial charge in [0.1, 0.15) is 17.7 Å². The van der Waals surface area contributed by atoms with Crippen LogP contribution in [-0.4, -0.2) is 48.0 Å². The van der Waals surface area contributed by atoms with Crippen molar-refractivity contribution < 1.29 is 23.9 Å². The van der Waals surface area contributed by atoms with Crippen LogP contribution in [0.25, 0.3) is 0 Å². The van der Waals surface area contributed by atoms with Crippen LogP contribution in [0.3, 0.4) is 0 Å². The fourth-order valence-corrected chi connectivity index (χ4v) is 4.49. The largest absolute Gasteiger partial charge is 0.497 e. The zero-order valence-electron chi connectivity index (χ0n) is 17.6. The van der Waals surface area contributed by atoms with Crippen molar-refractivity contribution in [2.24, 2.45) is 10.6 Å². The number of ether oxygens (including phenoxy) is 1. The van der Waals surface area contributed by atoms with Crippen LogP contribution in [0.1, 0.15) is 36.8 Å².